The fourth-order valence-electron chi connectivity index (χ4n) is 3.40. The minimum atomic E-state index is -0.373. The van der Waals surface area contributed by atoms with Crippen LogP contribution in [0.25, 0.3) is 11.3 Å². The minimum absolute atomic E-state index is 0.247. The lowest BCUT2D eigenvalue weighted by atomic mass is 10.0. The first-order valence-electron chi connectivity index (χ1n) is 9.25. The average molecular weight is 412 g/mol. The van der Waals surface area contributed by atoms with Crippen LogP contribution in [-0.4, -0.2) is 28.5 Å². The first kappa shape index (κ1) is 19.3. The summed E-state index contributed by atoms with van der Waals surface area (Å²) < 4.78 is 20.5. The Hall–Kier alpha value is -2.99. The van der Waals surface area contributed by atoms with Gasteiger partial charge in [-0.15, -0.1) is 0 Å². The van der Waals surface area contributed by atoms with E-state index in [1.807, 2.05) is 13.8 Å². The summed E-state index contributed by atoms with van der Waals surface area (Å²) in [6, 6.07) is 9.79. The summed E-state index contributed by atoms with van der Waals surface area (Å²) in [5, 5.41) is 3.32. The number of halogens is 2. The number of nitrogens with one attached hydrogen (secondary N) is 1. The molecule has 0 aliphatic carbocycles. The van der Waals surface area contributed by atoms with Crippen LogP contribution in [0.4, 0.5) is 4.39 Å². The quantitative estimate of drug-likeness (QED) is 0.695. The van der Waals surface area contributed by atoms with Gasteiger partial charge < -0.3 is 10.1 Å². The van der Waals surface area contributed by atoms with Crippen molar-refractivity contribution in [3.63, 3.8) is 0 Å². The number of fused-ring (bicyclic) bond motifs is 1. The maximum absolute atomic E-state index is 14.4. The van der Waals surface area contributed by atoms with Gasteiger partial charge in [0.1, 0.15) is 17.7 Å². The van der Waals surface area contributed by atoms with Gasteiger partial charge in [0.15, 0.2) is 0 Å². The lowest BCUT2D eigenvalue weighted by molar-refractivity contribution is 0.0933. The van der Waals surface area contributed by atoms with Crippen molar-refractivity contribution in [2.75, 3.05) is 6.54 Å². The summed E-state index contributed by atoms with van der Waals surface area (Å²) >= 11 is 5.94. The predicted octanol–water partition coefficient (Wildman–Crippen LogP) is 4.29. The molecule has 7 heteroatoms. The van der Waals surface area contributed by atoms with E-state index in [4.69, 9.17) is 16.3 Å². The van der Waals surface area contributed by atoms with Gasteiger partial charge in [-0.25, -0.2) is 9.37 Å². The number of amides is 1. The second kappa shape index (κ2) is 7.79. The van der Waals surface area contributed by atoms with Crippen molar-refractivity contribution in [3.05, 3.63) is 75.9 Å². The molecule has 1 aliphatic rings. The van der Waals surface area contributed by atoms with Crippen LogP contribution in [0.3, 0.4) is 0 Å². The number of hydrogen-bond acceptors (Lipinski definition) is 4. The highest BCUT2D eigenvalue weighted by Gasteiger charge is 2.30. The lowest BCUT2D eigenvalue weighted by Crippen LogP contribution is -2.34. The molecule has 29 heavy (non-hydrogen) atoms. The molecule has 2 aromatic carbocycles. The molecule has 5 nitrogen and oxygen atoms in total. The molecule has 0 saturated carbocycles. The third kappa shape index (κ3) is 3.93. The Morgan fingerprint density at radius 3 is 2.93 bits per heavy atom. The van der Waals surface area contributed by atoms with E-state index in [-0.39, 0.29) is 24.4 Å². The number of carbonyl (C=O) groups is 1. The number of aromatic nitrogens is 2. The normalized spacial score (nSPS) is 15.0. The molecule has 1 aliphatic heterocycles. The summed E-state index contributed by atoms with van der Waals surface area (Å²) in [5.74, 6) is -0.117. The topological polar surface area (TPSA) is 64.1 Å². The van der Waals surface area contributed by atoms with Crippen LogP contribution in [0.15, 0.2) is 42.6 Å². The van der Waals surface area contributed by atoms with Gasteiger partial charge in [0.25, 0.3) is 5.91 Å². The van der Waals surface area contributed by atoms with Crippen LogP contribution in [0, 0.1) is 19.7 Å². The second-order valence-corrected chi connectivity index (χ2v) is 7.45. The number of carbonyl (C=O) groups excluding carboxylic acids is 1. The van der Waals surface area contributed by atoms with E-state index in [0.717, 1.165) is 11.4 Å². The number of aryl methyl sites for hydroxylation is 2. The van der Waals surface area contributed by atoms with Crippen LogP contribution in [0.1, 0.15) is 27.3 Å². The van der Waals surface area contributed by atoms with E-state index in [1.54, 1.807) is 36.5 Å². The lowest BCUT2D eigenvalue weighted by Gasteiger charge is -2.14. The molecule has 0 bridgehead atoms. The third-order valence-corrected chi connectivity index (χ3v) is 5.06. The zero-order valence-corrected chi connectivity index (χ0v) is 16.8. The highest BCUT2D eigenvalue weighted by Crippen LogP contribution is 2.40. The van der Waals surface area contributed by atoms with Crippen molar-refractivity contribution in [2.45, 2.75) is 26.4 Å². The predicted molar refractivity (Wildman–Crippen MR) is 109 cm³/mol. The Bertz CT molecular complexity index is 1100. The molecule has 0 unspecified atom stereocenters. The van der Waals surface area contributed by atoms with Crippen LogP contribution in [0.5, 0.6) is 5.75 Å². The van der Waals surface area contributed by atoms with E-state index >= 15 is 0 Å². The van der Waals surface area contributed by atoms with Gasteiger partial charge in [-0.3, -0.25) is 9.78 Å². The Morgan fingerprint density at radius 2 is 2.14 bits per heavy atom. The highest BCUT2D eigenvalue weighted by molar-refractivity contribution is 6.30. The molecule has 0 radical (unpaired) electrons. The summed E-state index contributed by atoms with van der Waals surface area (Å²) in [4.78, 5) is 21.2. The zero-order chi connectivity index (χ0) is 20.5. The van der Waals surface area contributed by atoms with Crippen molar-refractivity contribution in [1.29, 1.82) is 0 Å². The molecular weight excluding hydrogens is 393 g/mol. The maximum Gasteiger partial charge on any atom is 0.251 e. The Kier molecular flexibility index (Phi) is 5.20. The molecular formula is C22H19ClFN3O2. The number of benzene rings is 2. The van der Waals surface area contributed by atoms with Crippen molar-refractivity contribution in [3.8, 4) is 17.0 Å². The van der Waals surface area contributed by atoms with Gasteiger partial charge in [-0.05, 0) is 44.2 Å². The first-order valence-corrected chi connectivity index (χ1v) is 9.62. The van der Waals surface area contributed by atoms with E-state index in [9.17, 15) is 9.18 Å². The SMILES string of the molecule is Cc1cnc(C)c(-c2ccc(F)c3c2O[C@@H](CNC(=O)c2cccc(Cl)c2)C3)n1. The molecule has 4 rings (SSSR count). The van der Waals surface area contributed by atoms with Gasteiger partial charge in [-0.2, -0.15) is 0 Å². The highest BCUT2D eigenvalue weighted by atomic mass is 35.5. The fourth-order valence-corrected chi connectivity index (χ4v) is 3.59. The summed E-state index contributed by atoms with van der Waals surface area (Å²) in [5.41, 5.74) is 3.85. The Balaban J connectivity index is 1.54. The van der Waals surface area contributed by atoms with Gasteiger partial charge in [0, 0.05) is 34.3 Å². The van der Waals surface area contributed by atoms with Crippen molar-refractivity contribution < 1.29 is 13.9 Å². The standard InChI is InChI=1S/C22H19ClFN3O2/c1-12-10-25-13(2)20(27-12)17-6-7-19(24)18-9-16(29-21(17)18)11-26-22(28)14-4-3-5-15(23)8-14/h3-8,10,16H,9,11H2,1-2H3,(H,26,28)/t16-/m1/s1. The number of rotatable bonds is 4. The summed E-state index contributed by atoms with van der Waals surface area (Å²) in [6.45, 7) is 3.96. The Morgan fingerprint density at radius 1 is 1.31 bits per heavy atom. The van der Waals surface area contributed by atoms with E-state index < -0.39 is 0 Å². The zero-order valence-electron chi connectivity index (χ0n) is 16.0. The molecule has 0 spiro atoms. The van der Waals surface area contributed by atoms with Crippen molar-refractivity contribution in [2.24, 2.45) is 0 Å². The van der Waals surface area contributed by atoms with Crippen LogP contribution >= 0.6 is 11.6 Å². The Labute approximate surface area is 172 Å². The molecule has 1 amide bonds. The van der Waals surface area contributed by atoms with Gasteiger partial charge >= 0.3 is 0 Å². The van der Waals surface area contributed by atoms with Crippen LogP contribution in [0.2, 0.25) is 5.02 Å². The van der Waals surface area contributed by atoms with E-state index in [1.165, 1.54) is 6.07 Å². The van der Waals surface area contributed by atoms with E-state index in [2.05, 4.69) is 15.3 Å². The van der Waals surface area contributed by atoms with Gasteiger partial charge in [0.2, 0.25) is 0 Å². The number of nitrogens with zero attached hydrogens (tertiary/aromatic N) is 2. The molecule has 148 valence electrons. The fraction of sp³-hybridized carbons (Fsp3) is 0.227. The largest absolute Gasteiger partial charge is 0.487 e. The van der Waals surface area contributed by atoms with Crippen molar-refractivity contribution >= 4 is 17.5 Å². The van der Waals surface area contributed by atoms with Crippen LogP contribution in [-0.2, 0) is 6.42 Å². The third-order valence-electron chi connectivity index (χ3n) is 4.83. The molecule has 3 aromatic rings. The molecule has 2 heterocycles. The smallest absolute Gasteiger partial charge is 0.251 e. The second-order valence-electron chi connectivity index (χ2n) is 7.01. The molecule has 1 aromatic heterocycles. The average Bonchev–Trinajstić information content (AvgIpc) is 3.14. The maximum atomic E-state index is 14.4. The molecule has 1 atom stereocenters. The molecule has 0 fully saturated rings. The van der Waals surface area contributed by atoms with E-state index in [0.29, 0.717) is 39.6 Å². The molecule has 0 saturated heterocycles. The van der Waals surface area contributed by atoms with Crippen molar-refractivity contribution in [1.82, 2.24) is 15.3 Å². The van der Waals surface area contributed by atoms with Gasteiger partial charge in [0.05, 0.1) is 23.6 Å². The molecule has 1 N–H and O–H groups in total. The number of ether oxygens (including phenoxy) is 1. The van der Waals surface area contributed by atoms with Crippen LogP contribution < -0.4 is 10.1 Å². The summed E-state index contributed by atoms with van der Waals surface area (Å²) in [7, 11) is 0. The number of hydrogen-bond donors (Lipinski definition) is 1. The summed E-state index contributed by atoms with van der Waals surface area (Å²) in [6.07, 6.45) is 1.68. The first-order chi connectivity index (χ1) is 13.9. The monoisotopic (exact) mass is 411 g/mol. The minimum Gasteiger partial charge on any atom is -0.487 e. The van der Waals surface area contributed by atoms with Gasteiger partial charge in [-0.1, -0.05) is 17.7 Å².